The van der Waals surface area contributed by atoms with Gasteiger partial charge in [-0.25, -0.2) is 0 Å². The molecule has 0 bridgehead atoms. The first-order chi connectivity index (χ1) is 13.4. The SMILES string of the molecule is Cc1ccc(Cl)cc1N1C(=O)CC(c2ccc(Cl)cc2Cl)C2=C1CCCC2=O. The third kappa shape index (κ3) is 3.36. The number of allylic oxidation sites excluding steroid dienone is 2. The molecule has 144 valence electrons. The minimum atomic E-state index is -0.351. The molecule has 1 aliphatic heterocycles. The molecule has 1 heterocycles. The van der Waals surface area contributed by atoms with E-state index < -0.39 is 0 Å². The van der Waals surface area contributed by atoms with Crippen molar-refractivity contribution in [1.82, 2.24) is 0 Å². The summed E-state index contributed by atoms with van der Waals surface area (Å²) in [5.74, 6) is -0.333. The molecule has 2 aromatic rings. The number of halogens is 3. The van der Waals surface area contributed by atoms with Crippen LogP contribution in [-0.2, 0) is 9.59 Å². The van der Waals surface area contributed by atoms with Crippen LogP contribution < -0.4 is 4.90 Å². The maximum absolute atomic E-state index is 13.3. The average molecular weight is 435 g/mol. The van der Waals surface area contributed by atoms with Crippen LogP contribution in [0.15, 0.2) is 47.7 Å². The Labute approximate surface area is 178 Å². The Hall–Kier alpha value is -1.81. The van der Waals surface area contributed by atoms with E-state index in [9.17, 15) is 9.59 Å². The van der Waals surface area contributed by atoms with E-state index in [0.717, 1.165) is 28.9 Å². The van der Waals surface area contributed by atoms with Gasteiger partial charge in [0.15, 0.2) is 5.78 Å². The molecule has 1 atom stereocenters. The summed E-state index contributed by atoms with van der Waals surface area (Å²) in [4.78, 5) is 27.9. The second-order valence-electron chi connectivity index (χ2n) is 7.22. The normalized spacial score (nSPS) is 19.9. The zero-order valence-electron chi connectivity index (χ0n) is 15.3. The second kappa shape index (κ2) is 7.55. The summed E-state index contributed by atoms with van der Waals surface area (Å²) >= 11 is 18.7. The highest BCUT2D eigenvalue weighted by Crippen LogP contribution is 2.46. The van der Waals surface area contributed by atoms with Gasteiger partial charge in [0.1, 0.15) is 0 Å². The molecule has 1 aliphatic carbocycles. The van der Waals surface area contributed by atoms with Crippen LogP contribution in [0.1, 0.15) is 42.7 Å². The van der Waals surface area contributed by atoms with Gasteiger partial charge < -0.3 is 0 Å². The van der Waals surface area contributed by atoms with E-state index in [4.69, 9.17) is 34.8 Å². The smallest absolute Gasteiger partial charge is 0.232 e. The first-order valence-electron chi connectivity index (χ1n) is 9.17. The van der Waals surface area contributed by atoms with Crippen LogP contribution in [0.25, 0.3) is 0 Å². The number of Topliss-reactive ketones (excluding diaryl/α,β-unsaturated/α-hetero) is 1. The summed E-state index contributed by atoms with van der Waals surface area (Å²) in [6.45, 7) is 1.94. The van der Waals surface area contributed by atoms with E-state index in [2.05, 4.69) is 0 Å². The number of hydrogen-bond donors (Lipinski definition) is 0. The number of aryl methyl sites for hydroxylation is 1. The standard InChI is InChI=1S/C22H18Cl3NO2/c1-12-5-6-14(24)10-19(12)26-18-3-2-4-20(27)22(18)16(11-21(26)28)15-8-7-13(23)9-17(15)25/h5-10,16H,2-4,11H2,1H3. The zero-order valence-corrected chi connectivity index (χ0v) is 17.5. The van der Waals surface area contributed by atoms with Crippen molar-refractivity contribution in [3.63, 3.8) is 0 Å². The van der Waals surface area contributed by atoms with E-state index in [0.29, 0.717) is 33.5 Å². The van der Waals surface area contributed by atoms with Crippen molar-refractivity contribution in [2.45, 2.75) is 38.5 Å². The quantitative estimate of drug-likeness (QED) is 0.542. The summed E-state index contributed by atoms with van der Waals surface area (Å²) in [7, 11) is 0. The van der Waals surface area contributed by atoms with Crippen LogP contribution in [0.5, 0.6) is 0 Å². The van der Waals surface area contributed by atoms with Crippen molar-refractivity contribution in [1.29, 1.82) is 0 Å². The van der Waals surface area contributed by atoms with Crippen LogP contribution >= 0.6 is 34.8 Å². The maximum Gasteiger partial charge on any atom is 0.232 e. The van der Waals surface area contributed by atoms with Gasteiger partial charge >= 0.3 is 0 Å². The van der Waals surface area contributed by atoms with Crippen molar-refractivity contribution in [2.24, 2.45) is 0 Å². The molecular weight excluding hydrogens is 417 g/mol. The van der Waals surface area contributed by atoms with Gasteiger partial charge in [-0.05, 0) is 55.2 Å². The van der Waals surface area contributed by atoms with E-state index >= 15 is 0 Å². The molecule has 28 heavy (non-hydrogen) atoms. The Morgan fingerprint density at radius 1 is 0.964 bits per heavy atom. The van der Waals surface area contributed by atoms with Crippen LogP contribution in [0.3, 0.4) is 0 Å². The lowest BCUT2D eigenvalue weighted by molar-refractivity contribution is -0.119. The topological polar surface area (TPSA) is 37.4 Å². The summed E-state index contributed by atoms with van der Waals surface area (Å²) in [6.07, 6.45) is 2.05. The monoisotopic (exact) mass is 433 g/mol. The molecule has 0 spiro atoms. The number of carbonyl (C=O) groups excluding carboxylic acids is 2. The molecule has 0 N–H and O–H groups in total. The fourth-order valence-corrected chi connectivity index (χ4v) is 4.85. The molecule has 0 fully saturated rings. The third-order valence-corrected chi connectivity index (χ3v) is 6.22. The van der Waals surface area contributed by atoms with Gasteiger partial charge in [0.05, 0.1) is 5.69 Å². The summed E-state index contributed by atoms with van der Waals surface area (Å²) in [6, 6.07) is 10.7. The van der Waals surface area contributed by atoms with Crippen molar-refractivity contribution >= 4 is 52.2 Å². The molecule has 4 rings (SSSR count). The minimum absolute atomic E-state index is 0.0603. The predicted octanol–water partition coefficient (Wildman–Crippen LogP) is 6.48. The van der Waals surface area contributed by atoms with Crippen LogP contribution in [-0.4, -0.2) is 11.7 Å². The Morgan fingerprint density at radius 2 is 1.68 bits per heavy atom. The lowest BCUT2D eigenvalue weighted by Gasteiger charge is -2.39. The van der Waals surface area contributed by atoms with Crippen molar-refractivity contribution in [3.05, 3.63) is 73.9 Å². The molecular formula is C22H18Cl3NO2. The molecule has 2 aromatic carbocycles. The van der Waals surface area contributed by atoms with Gasteiger partial charge in [0, 0.05) is 45.1 Å². The highest BCUT2D eigenvalue weighted by molar-refractivity contribution is 6.35. The van der Waals surface area contributed by atoms with Gasteiger partial charge in [0.2, 0.25) is 5.91 Å². The first-order valence-corrected chi connectivity index (χ1v) is 10.3. The van der Waals surface area contributed by atoms with Gasteiger partial charge in [-0.2, -0.15) is 0 Å². The van der Waals surface area contributed by atoms with Crippen LogP contribution in [0.4, 0.5) is 5.69 Å². The van der Waals surface area contributed by atoms with E-state index in [1.807, 2.05) is 19.1 Å². The molecule has 0 saturated carbocycles. The maximum atomic E-state index is 13.3. The van der Waals surface area contributed by atoms with Crippen molar-refractivity contribution in [2.75, 3.05) is 4.90 Å². The van der Waals surface area contributed by atoms with Gasteiger partial charge in [0.25, 0.3) is 0 Å². The fourth-order valence-electron chi connectivity index (χ4n) is 4.15. The number of anilines is 1. The third-order valence-electron chi connectivity index (χ3n) is 5.43. The largest absolute Gasteiger partial charge is 0.294 e. The molecule has 0 aromatic heterocycles. The second-order valence-corrected chi connectivity index (χ2v) is 8.50. The van der Waals surface area contributed by atoms with Gasteiger partial charge in [-0.1, -0.05) is 46.9 Å². The summed E-state index contributed by atoms with van der Waals surface area (Å²) in [5, 5.41) is 1.56. The zero-order chi connectivity index (χ0) is 20.0. The van der Waals surface area contributed by atoms with Crippen molar-refractivity contribution in [3.8, 4) is 0 Å². The number of ketones is 1. The number of hydrogen-bond acceptors (Lipinski definition) is 2. The fraction of sp³-hybridized carbons (Fsp3) is 0.273. The molecule has 2 aliphatic rings. The number of carbonyl (C=O) groups is 2. The highest BCUT2D eigenvalue weighted by Gasteiger charge is 2.40. The van der Waals surface area contributed by atoms with Crippen molar-refractivity contribution < 1.29 is 9.59 Å². The van der Waals surface area contributed by atoms with E-state index in [1.54, 1.807) is 29.2 Å². The number of rotatable bonds is 2. The highest BCUT2D eigenvalue weighted by atomic mass is 35.5. The Kier molecular flexibility index (Phi) is 5.26. The van der Waals surface area contributed by atoms with Gasteiger partial charge in [-0.15, -0.1) is 0 Å². The lowest BCUT2D eigenvalue weighted by Crippen LogP contribution is -2.41. The van der Waals surface area contributed by atoms with Crippen LogP contribution in [0, 0.1) is 6.92 Å². The Bertz CT molecular complexity index is 1030. The van der Waals surface area contributed by atoms with Crippen LogP contribution in [0.2, 0.25) is 15.1 Å². The molecule has 3 nitrogen and oxygen atoms in total. The summed E-state index contributed by atoms with van der Waals surface area (Å²) in [5.41, 5.74) is 3.90. The minimum Gasteiger partial charge on any atom is -0.294 e. The molecule has 0 saturated heterocycles. The van der Waals surface area contributed by atoms with E-state index in [1.165, 1.54) is 0 Å². The number of nitrogens with zero attached hydrogens (tertiary/aromatic N) is 1. The summed E-state index contributed by atoms with van der Waals surface area (Å²) < 4.78 is 0. The molecule has 6 heteroatoms. The van der Waals surface area contributed by atoms with Gasteiger partial charge in [-0.3, -0.25) is 14.5 Å². The Morgan fingerprint density at radius 3 is 2.43 bits per heavy atom. The first kappa shape index (κ1) is 19.5. The number of benzene rings is 2. The Balaban J connectivity index is 1.91. The lowest BCUT2D eigenvalue weighted by atomic mass is 9.77. The average Bonchev–Trinajstić information content (AvgIpc) is 2.64. The molecule has 1 amide bonds. The predicted molar refractivity (Wildman–Crippen MR) is 113 cm³/mol. The van der Waals surface area contributed by atoms with E-state index in [-0.39, 0.29) is 24.0 Å². The number of amides is 1. The molecule has 0 radical (unpaired) electrons. The molecule has 1 unspecified atom stereocenters.